The van der Waals surface area contributed by atoms with Crippen LogP contribution in [0.15, 0.2) is 40.9 Å². The second-order valence-electron chi connectivity index (χ2n) is 15.6. The number of benzene rings is 1. The average Bonchev–Trinajstić information content (AvgIpc) is 3.58. The Morgan fingerprint density at radius 1 is 1.02 bits per heavy atom. The number of phenolic OH excluding ortho intramolecular Hbond substituents is 1. The van der Waals surface area contributed by atoms with Gasteiger partial charge in [-0.25, -0.2) is 4.79 Å². The van der Waals surface area contributed by atoms with Gasteiger partial charge in [0.25, 0.3) is 0 Å². The highest BCUT2D eigenvalue weighted by molar-refractivity contribution is 5.85. The molecule has 47 heavy (non-hydrogen) atoms. The van der Waals surface area contributed by atoms with Crippen LogP contribution in [0.25, 0.3) is 0 Å². The first-order valence-corrected chi connectivity index (χ1v) is 17.7. The van der Waals surface area contributed by atoms with Crippen LogP contribution >= 0.6 is 0 Å². The molecule has 1 aromatic carbocycles. The fraction of sp³-hybridized carbons (Fsp3) is 0.730. The van der Waals surface area contributed by atoms with Crippen LogP contribution < -0.4 is 0 Å². The first-order chi connectivity index (χ1) is 22.4. The van der Waals surface area contributed by atoms with Crippen molar-refractivity contribution in [3.63, 3.8) is 0 Å². The van der Waals surface area contributed by atoms with Gasteiger partial charge in [0, 0.05) is 42.5 Å². The van der Waals surface area contributed by atoms with E-state index in [0.29, 0.717) is 58.1 Å². The summed E-state index contributed by atoms with van der Waals surface area (Å²) in [5, 5.41) is 55.7. The molecule has 2 heterocycles. The monoisotopic (exact) mass is 653 g/mol. The van der Waals surface area contributed by atoms with Crippen LogP contribution in [0, 0.1) is 28.6 Å². The SMILES string of the molecule is C[C@H]1O[C@@H](O[C@H]2CC[C@]3(C=NCCc4ccc(O)cc4)[C@@H]4CC[C@]5(C)[C@H](C6=CC(=O)OC6)CC[C@]5(O)[C@H]4CC[C@@]3(O)C2)C[C@@H](O)[C@@H]1O. The molecule has 4 aliphatic carbocycles. The molecule has 0 radical (unpaired) electrons. The van der Waals surface area contributed by atoms with Crippen molar-refractivity contribution in [3.05, 3.63) is 41.5 Å². The summed E-state index contributed by atoms with van der Waals surface area (Å²) in [4.78, 5) is 17.0. The lowest BCUT2D eigenvalue weighted by Crippen LogP contribution is -2.69. The molecule has 0 bridgehead atoms. The van der Waals surface area contributed by atoms with Gasteiger partial charge in [0.05, 0.1) is 29.5 Å². The molecule has 10 heteroatoms. The number of nitrogens with zero attached hydrogens (tertiary/aromatic N) is 1. The maximum absolute atomic E-state index is 12.7. The lowest BCUT2D eigenvalue weighted by molar-refractivity contribution is -0.282. The number of cyclic esters (lactones) is 1. The van der Waals surface area contributed by atoms with E-state index in [4.69, 9.17) is 19.2 Å². The first kappa shape index (κ1) is 33.2. The number of hydrogen-bond acceptors (Lipinski definition) is 10. The van der Waals surface area contributed by atoms with E-state index in [1.54, 1.807) is 25.1 Å². The number of esters is 1. The number of carbonyl (C=O) groups is 1. The molecule has 1 saturated heterocycles. The summed E-state index contributed by atoms with van der Waals surface area (Å²) in [6, 6.07) is 7.15. The van der Waals surface area contributed by atoms with E-state index in [2.05, 4.69) is 6.92 Å². The number of fused-ring (bicyclic) bond motifs is 5. The topological polar surface area (TPSA) is 158 Å². The Balaban J connectivity index is 1.15. The van der Waals surface area contributed by atoms with E-state index < -0.39 is 41.2 Å². The highest BCUT2D eigenvalue weighted by atomic mass is 16.7. The minimum absolute atomic E-state index is 0.0228. The maximum Gasteiger partial charge on any atom is 0.331 e. The summed E-state index contributed by atoms with van der Waals surface area (Å²) in [7, 11) is 0. The van der Waals surface area contributed by atoms with Gasteiger partial charge in [0.15, 0.2) is 6.29 Å². The fourth-order valence-corrected chi connectivity index (χ4v) is 10.9. The number of carbonyl (C=O) groups excluding carboxylic acids is 1. The number of aliphatic hydroxyl groups is 4. The third-order valence-corrected chi connectivity index (χ3v) is 13.4. The molecule has 10 nitrogen and oxygen atoms in total. The minimum Gasteiger partial charge on any atom is -0.508 e. The summed E-state index contributed by atoms with van der Waals surface area (Å²) in [6.45, 7) is 4.77. The van der Waals surface area contributed by atoms with Crippen LogP contribution in [-0.2, 0) is 25.4 Å². The highest BCUT2D eigenvalue weighted by Crippen LogP contribution is 2.70. The predicted molar refractivity (Wildman–Crippen MR) is 173 cm³/mol. The van der Waals surface area contributed by atoms with Crippen molar-refractivity contribution >= 4 is 12.2 Å². The number of hydrogen-bond donors (Lipinski definition) is 5. The lowest BCUT2D eigenvalue weighted by atomic mass is 9.41. The Morgan fingerprint density at radius 3 is 2.51 bits per heavy atom. The number of aliphatic hydroxyl groups excluding tert-OH is 2. The number of aliphatic imine (C=N–C) groups is 1. The van der Waals surface area contributed by atoms with Gasteiger partial charge in [-0.1, -0.05) is 19.1 Å². The average molecular weight is 654 g/mol. The van der Waals surface area contributed by atoms with Gasteiger partial charge in [-0.3, -0.25) is 4.99 Å². The molecule has 5 N–H and O–H groups in total. The summed E-state index contributed by atoms with van der Waals surface area (Å²) < 4.78 is 17.6. The Morgan fingerprint density at radius 2 is 1.79 bits per heavy atom. The molecule has 5 fully saturated rings. The molecule has 7 rings (SSSR count). The smallest absolute Gasteiger partial charge is 0.331 e. The molecular formula is C37H51NO9. The Hall–Kier alpha value is -2.34. The van der Waals surface area contributed by atoms with Crippen molar-refractivity contribution in [3.8, 4) is 5.75 Å². The Labute approximate surface area is 276 Å². The van der Waals surface area contributed by atoms with Crippen LogP contribution in [0.3, 0.4) is 0 Å². The van der Waals surface area contributed by atoms with Gasteiger partial charge in [0.2, 0.25) is 0 Å². The van der Waals surface area contributed by atoms with E-state index in [1.165, 1.54) is 0 Å². The third kappa shape index (κ3) is 5.47. The number of ether oxygens (including phenoxy) is 3. The standard InChI is InChI=1S/C37H51NO9/c1-22-33(42)30(40)18-32(46-22)47-26-7-13-35(21-38-16-11-23-3-5-25(39)6-4-23)28-8-12-34(2)27(24-17-31(41)45-20-24)10-15-37(34,44)29(28)9-14-36(35,43)19-26/h3-6,17,21-22,26-30,32-33,39-40,42-44H,7-16,18-20H2,1-2H3/t22-,26+,27+,28-,29+,30-,32+,33-,34-,35+,36-,37+/m1/s1. The van der Waals surface area contributed by atoms with Gasteiger partial charge >= 0.3 is 5.97 Å². The van der Waals surface area contributed by atoms with Crippen molar-refractivity contribution in [2.75, 3.05) is 13.2 Å². The highest BCUT2D eigenvalue weighted by Gasteiger charge is 2.71. The van der Waals surface area contributed by atoms with Crippen molar-refractivity contribution in [2.45, 2.75) is 126 Å². The molecular weight excluding hydrogens is 602 g/mol. The molecule has 0 unspecified atom stereocenters. The Kier molecular flexibility index (Phi) is 8.62. The van der Waals surface area contributed by atoms with Gasteiger partial charge in [0.1, 0.15) is 18.5 Å². The zero-order valence-corrected chi connectivity index (χ0v) is 27.6. The van der Waals surface area contributed by atoms with Crippen LogP contribution in [0.2, 0.25) is 0 Å². The van der Waals surface area contributed by atoms with Crippen molar-refractivity contribution in [1.82, 2.24) is 0 Å². The second-order valence-corrected chi connectivity index (χ2v) is 15.6. The third-order valence-electron chi connectivity index (χ3n) is 13.4. The van der Waals surface area contributed by atoms with Crippen molar-refractivity contribution < 1.29 is 44.5 Å². The normalized spacial score (nSPS) is 46.4. The van der Waals surface area contributed by atoms with Crippen molar-refractivity contribution in [2.24, 2.45) is 33.6 Å². The number of rotatable bonds is 7. The largest absolute Gasteiger partial charge is 0.508 e. The zero-order valence-electron chi connectivity index (χ0n) is 27.6. The van der Waals surface area contributed by atoms with Crippen LogP contribution in [0.1, 0.15) is 83.6 Å². The summed E-state index contributed by atoms with van der Waals surface area (Å²) in [5.41, 5.74) is -1.00. The second kappa shape index (κ2) is 12.2. The summed E-state index contributed by atoms with van der Waals surface area (Å²) in [5.74, 6) is 0.0225. The van der Waals surface area contributed by atoms with E-state index in [9.17, 15) is 30.3 Å². The van der Waals surface area contributed by atoms with E-state index in [-0.39, 0.29) is 47.4 Å². The van der Waals surface area contributed by atoms with Crippen LogP contribution in [0.5, 0.6) is 5.75 Å². The lowest BCUT2D eigenvalue weighted by Gasteiger charge is -2.66. The van der Waals surface area contributed by atoms with Gasteiger partial charge in [-0.05, 0) is 106 Å². The molecule has 0 aromatic heterocycles. The molecule has 4 saturated carbocycles. The molecule has 1 aromatic rings. The molecule has 12 atom stereocenters. The van der Waals surface area contributed by atoms with Crippen LogP contribution in [0.4, 0.5) is 0 Å². The fourth-order valence-electron chi connectivity index (χ4n) is 10.9. The molecule has 6 aliphatic rings. The minimum atomic E-state index is -1.10. The van der Waals surface area contributed by atoms with Gasteiger partial charge < -0.3 is 39.7 Å². The van der Waals surface area contributed by atoms with Gasteiger partial charge in [-0.2, -0.15) is 0 Å². The first-order valence-electron chi connectivity index (χ1n) is 17.7. The predicted octanol–water partition coefficient (Wildman–Crippen LogP) is 3.60. The quantitative estimate of drug-likeness (QED) is 0.168. The Bertz CT molecular complexity index is 1390. The number of aromatic hydroxyl groups is 1. The van der Waals surface area contributed by atoms with Crippen LogP contribution in [-0.4, -0.2) is 92.8 Å². The van der Waals surface area contributed by atoms with E-state index in [0.717, 1.165) is 30.4 Å². The maximum atomic E-state index is 12.7. The number of phenols is 1. The molecule has 258 valence electrons. The molecule has 2 aliphatic heterocycles. The summed E-state index contributed by atoms with van der Waals surface area (Å²) in [6.07, 6.45) is 7.18. The van der Waals surface area contributed by atoms with Gasteiger partial charge in [-0.15, -0.1) is 0 Å². The van der Waals surface area contributed by atoms with E-state index >= 15 is 0 Å². The zero-order chi connectivity index (χ0) is 33.2. The molecule has 0 spiro atoms. The van der Waals surface area contributed by atoms with E-state index in [1.807, 2.05) is 18.3 Å². The summed E-state index contributed by atoms with van der Waals surface area (Å²) >= 11 is 0. The molecule has 0 amide bonds. The van der Waals surface area contributed by atoms with Crippen molar-refractivity contribution in [1.29, 1.82) is 0 Å².